The molecule has 0 saturated heterocycles. The Morgan fingerprint density at radius 3 is 2.48 bits per heavy atom. The third-order valence-electron chi connectivity index (χ3n) is 3.63. The minimum Gasteiger partial charge on any atom is -0.306 e. The molecule has 1 heterocycles. The van der Waals surface area contributed by atoms with Crippen LogP contribution in [0.4, 0.5) is 4.39 Å². The van der Waals surface area contributed by atoms with Crippen molar-refractivity contribution in [3.05, 3.63) is 77.4 Å². The standard InChI is InChI=1S/C18H18FN3S/c1-2-22-17(12-14-8-4-3-5-9-14)20-21-18(22)23-13-15-10-6-7-11-16(15)19/h3-11H,2,12-13H2,1H3. The maximum atomic E-state index is 13.7. The molecule has 0 spiro atoms. The monoisotopic (exact) mass is 327 g/mol. The second-order valence-electron chi connectivity index (χ2n) is 5.19. The van der Waals surface area contributed by atoms with Gasteiger partial charge in [-0.2, -0.15) is 0 Å². The summed E-state index contributed by atoms with van der Waals surface area (Å²) < 4.78 is 15.8. The van der Waals surface area contributed by atoms with Crippen molar-refractivity contribution in [1.29, 1.82) is 0 Å². The molecule has 0 aliphatic carbocycles. The highest BCUT2D eigenvalue weighted by molar-refractivity contribution is 7.98. The molecule has 0 saturated carbocycles. The van der Waals surface area contributed by atoms with Gasteiger partial charge >= 0.3 is 0 Å². The lowest BCUT2D eigenvalue weighted by Gasteiger charge is -2.07. The van der Waals surface area contributed by atoms with E-state index < -0.39 is 0 Å². The fourth-order valence-corrected chi connectivity index (χ4v) is 3.42. The number of rotatable bonds is 6. The van der Waals surface area contributed by atoms with Gasteiger partial charge in [0.1, 0.15) is 11.6 Å². The normalized spacial score (nSPS) is 10.9. The molecule has 118 valence electrons. The molecule has 0 atom stereocenters. The van der Waals surface area contributed by atoms with Gasteiger partial charge in [0, 0.05) is 18.7 Å². The third kappa shape index (κ3) is 3.79. The Hall–Kier alpha value is -2.14. The Bertz CT molecular complexity index is 771. The van der Waals surface area contributed by atoms with Crippen molar-refractivity contribution < 1.29 is 4.39 Å². The van der Waals surface area contributed by atoms with E-state index in [4.69, 9.17) is 0 Å². The molecule has 0 fully saturated rings. The smallest absolute Gasteiger partial charge is 0.191 e. The molecule has 3 rings (SSSR count). The van der Waals surface area contributed by atoms with E-state index in [9.17, 15) is 4.39 Å². The molecule has 0 amide bonds. The predicted octanol–water partition coefficient (Wildman–Crippen LogP) is 4.32. The second-order valence-corrected chi connectivity index (χ2v) is 6.13. The van der Waals surface area contributed by atoms with Crippen LogP contribution < -0.4 is 0 Å². The molecule has 23 heavy (non-hydrogen) atoms. The largest absolute Gasteiger partial charge is 0.306 e. The van der Waals surface area contributed by atoms with E-state index in [1.807, 2.05) is 24.3 Å². The highest BCUT2D eigenvalue weighted by Gasteiger charge is 2.12. The first-order valence-electron chi connectivity index (χ1n) is 7.60. The van der Waals surface area contributed by atoms with Gasteiger partial charge in [0.25, 0.3) is 0 Å². The van der Waals surface area contributed by atoms with Crippen molar-refractivity contribution in [2.45, 2.75) is 30.8 Å². The van der Waals surface area contributed by atoms with Gasteiger partial charge in [-0.1, -0.05) is 60.3 Å². The van der Waals surface area contributed by atoms with E-state index in [-0.39, 0.29) is 5.82 Å². The lowest BCUT2D eigenvalue weighted by Crippen LogP contribution is -2.04. The van der Waals surface area contributed by atoms with Crippen LogP contribution in [0.1, 0.15) is 23.9 Å². The maximum absolute atomic E-state index is 13.7. The number of hydrogen-bond donors (Lipinski definition) is 0. The summed E-state index contributed by atoms with van der Waals surface area (Å²) in [4.78, 5) is 0. The van der Waals surface area contributed by atoms with Crippen LogP contribution in [0, 0.1) is 5.82 Å². The average Bonchev–Trinajstić information content (AvgIpc) is 2.96. The van der Waals surface area contributed by atoms with Crippen LogP contribution in [0.25, 0.3) is 0 Å². The van der Waals surface area contributed by atoms with Gasteiger partial charge in [-0.3, -0.25) is 0 Å². The third-order valence-corrected chi connectivity index (χ3v) is 4.64. The maximum Gasteiger partial charge on any atom is 0.191 e. The van der Waals surface area contributed by atoms with Gasteiger partial charge in [-0.25, -0.2) is 4.39 Å². The first-order valence-corrected chi connectivity index (χ1v) is 8.58. The molecule has 0 aliphatic rings. The topological polar surface area (TPSA) is 30.7 Å². The summed E-state index contributed by atoms with van der Waals surface area (Å²) in [6.07, 6.45) is 0.752. The molecule has 0 unspecified atom stereocenters. The van der Waals surface area contributed by atoms with Crippen LogP contribution in [0.3, 0.4) is 0 Å². The van der Waals surface area contributed by atoms with Crippen LogP contribution in [-0.2, 0) is 18.7 Å². The van der Waals surface area contributed by atoms with Gasteiger partial charge < -0.3 is 4.57 Å². The van der Waals surface area contributed by atoms with Crippen molar-refractivity contribution in [2.75, 3.05) is 0 Å². The van der Waals surface area contributed by atoms with Gasteiger partial charge in [-0.05, 0) is 24.1 Å². The molecule has 0 N–H and O–H groups in total. The average molecular weight is 327 g/mol. The summed E-state index contributed by atoms with van der Waals surface area (Å²) in [6.45, 7) is 2.87. The minimum atomic E-state index is -0.174. The van der Waals surface area contributed by atoms with Crippen LogP contribution in [0.2, 0.25) is 0 Å². The zero-order valence-corrected chi connectivity index (χ0v) is 13.8. The summed E-state index contributed by atoms with van der Waals surface area (Å²) in [5, 5.41) is 9.43. The first kappa shape index (κ1) is 15.7. The molecule has 1 aromatic heterocycles. The molecule has 3 nitrogen and oxygen atoms in total. The first-order chi connectivity index (χ1) is 11.3. The van der Waals surface area contributed by atoms with Crippen molar-refractivity contribution >= 4 is 11.8 Å². The zero-order valence-electron chi connectivity index (χ0n) is 12.9. The van der Waals surface area contributed by atoms with Gasteiger partial charge in [0.15, 0.2) is 5.16 Å². The van der Waals surface area contributed by atoms with Crippen LogP contribution in [-0.4, -0.2) is 14.8 Å². The van der Waals surface area contributed by atoms with Crippen molar-refractivity contribution in [1.82, 2.24) is 14.8 Å². The molecule has 0 aliphatic heterocycles. The molecule has 0 bridgehead atoms. The van der Waals surface area contributed by atoms with Crippen molar-refractivity contribution in [3.8, 4) is 0 Å². The van der Waals surface area contributed by atoms with E-state index >= 15 is 0 Å². The SMILES string of the molecule is CCn1c(Cc2ccccc2)nnc1SCc1ccccc1F. The molecule has 5 heteroatoms. The fourth-order valence-electron chi connectivity index (χ4n) is 2.41. The van der Waals surface area contributed by atoms with E-state index in [0.29, 0.717) is 11.3 Å². The zero-order chi connectivity index (χ0) is 16.1. The molecular weight excluding hydrogens is 309 g/mol. The quantitative estimate of drug-likeness (QED) is 0.632. The second kappa shape index (κ2) is 7.42. The highest BCUT2D eigenvalue weighted by Crippen LogP contribution is 2.24. The van der Waals surface area contributed by atoms with E-state index in [1.165, 1.54) is 23.4 Å². The summed E-state index contributed by atoms with van der Waals surface area (Å²) >= 11 is 1.52. The van der Waals surface area contributed by atoms with E-state index in [0.717, 1.165) is 23.9 Å². The molecule has 3 aromatic rings. The fraction of sp³-hybridized carbons (Fsp3) is 0.222. The van der Waals surface area contributed by atoms with Crippen LogP contribution >= 0.6 is 11.8 Å². The Balaban J connectivity index is 1.74. The molecule has 0 radical (unpaired) electrons. The van der Waals surface area contributed by atoms with Gasteiger partial charge in [-0.15, -0.1) is 10.2 Å². The van der Waals surface area contributed by atoms with E-state index in [2.05, 4.69) is 33.8 Å². The molecule has 2 aromatic carbocycles. The molecular formula is C18H18FN3S. The summed E-state index contributed by atoms with van der Waals surface area (Å²) in [7, 11) is 0. The highest BCUT2D eigenvalue weighted by atomic mass is 32.2. The van der Waals surface area contributed by atoms with Gasteiger partial charge in [0.2, 0.25) is 0 Å². The Morgan fingerprint density at radius 2 is 1.74 bits per heavy atom. The van der Waals surface area contributed by atoms with Crippen molar-refractivity contribution in [2.24, 2.45) is 0 Å². The Morgan fingerprint density at radius 1 is 1.00 bits per heavy atom. The minimum absolute atomic E-state index is 0.174. The Kier molecular flexibility index (Phi) is 5.08. The van der Waals surface area contributed by atoms with E-state index in [1.54, 1.807) is 12.1 Å². The number of aromatic nitrogens is 3. The lowest BCUT2D eigenvalue weighted by atomic mass is 10.1. The lowest BCUT2D eigenvalue weighted by molar-refractivity contribution is 0.616. The van der Waals surface area contributed by atoms with Crippen molar-refractivity contribution in [3.63, 3.8) is 0 Å². The number of nitrogens with zero attached hydrogens (tertiary/aromatic N) is 3. The number of halogens is 1. The predicted molar refractivity (Wildman–Crippen MR) is 90.9 cm³/mol. The number of thioether (sulfide) groups is 1. The number of hydrogen-bond acceptors (Lipinski definition) is 3. The summed E-state index contributed by atoms with van der Waals surface area (Å²) in [5.41, 5.74) is 1.90. The number of benzene rings is 2. The Labute approximate surface area is 139 Å². The van der Waals surface area contributed by atoms with Gasteiger partial charge in [0.05, 0.1) is 0 Å². The van der Waals surface area contributed by atoms with Crippen LogP contribution in [0.15, 0.2) is 59.8 Å². The summed E-state index contributed by atoms with van der Waals surface area (Å²) in [5.74, 6) is 1.32. The van der Waals surface area contributed by atoms with Crippen LogP contribution in [0.5, 0.6) is 0 Å². The summed E-state index contributed by atoms with van der Waals surface area (Å²) in [6, 6.07) is 17.1.